The number of rotatable bonds is 7. The minimum Gasteiger partial charge on any atom is -0.493 e. The molecule has 0 radical (unpaired) electrons. The maximum Gasteiger partial charge on any atom is 0.340 e. The standard InChI is InChI=1S/C24H25ClN2O6/c1-14-6-11-22(24(30,26-15(2)28)16-7-9-17(25)10-8-16)27(14)19-13-21(32-4)20(31-3)12-18(19)23(29)33-5/h6-13,30H,1-5H3,(H,26,28). The molecule has 33 heavy (non-hydrogen) atoms. The second-order valence-electron chi connectivity index (χ2n) is 7.31. The molecule has 1 unspecified atom stereocenters. The number of benzene rings is 2. The summed E-state index contributed by atoms with van der Waals surface area (Å²) >= 11 is 6.03. The van der Waals surface area contributed by atoms with Crippen LogP contribution in [0.4, 0.5) is 0 Å². The Morgan fingerprint density at radius 2 is 1.61 bits per heavy atom. The summed E-state index contributed by atoms with van der Waals surface area (Å²) in [7, 11) is 4.21. The van der Waals surface area contributed by atoms with Gasteiger partial charge in [0.05, 0.1) is 38.3 Å². The fourth-order valence-electron chi connectivity index (χ4n) is 3.70. The number of hydrogen-bond acceptors (Lipinski definition) is 6. The molecule has 1 atom stereocenters. The molecule has 0 fully saturated rings. The molecule has 0 bridgehead atoms. The van der Waals surface area contributed by atoms with E-state index >= 15 is 0 Å². The highest BCUT2D eigenvalue weighted by atomic mass is 35.5. The number of carbonyl (C=O) groups is 2. The summed E-state index contributed by atoms with van der Waals surface area (Å²) in [6, 6.07) is 13.0. The fraction of sp³-hybridized carbons (Fsp3) is 0.250. The third kappa shape index (κ3) is 4.53. The number of aryl methyl sites for hydroxylation is 1. The van der Waals surface area contributed by atoms with Crippen molar-refractivity contribution in [2.45, 2.75) is 19.6 Å². The third-order valence-electron chi connectivity index (χ3n) is 5.21. The van der Waals surface area contributed by atoms with Crippen molar-refractivity contribution >= 4 is 23.5 Å². The van der Waals surface area contributed by atoms with E-state index in [9.17, 15) is 14.7 Å². The molecule has 0 saturated heterocycles. The smallest absolute Gasteiger partial charge is 0.340 e. The van der Waals surface area contributed by atoms with Gasteiger partial charge in [-0.1, -0.05) is 23.7 Å². The van der Waals surface area contributed by atoms with Gasteiger partial charge in [0.2, 0.25) is 11.6 Å². The first-order valence-corrected chi connectivity index (χ1v) is 10.3. The van der Waals surface area contributed by atoms with Crippen molar-refractivity contribution in [1.82, 2.24) is 9.88 Å². The molecule has 0 aliphatic rings. The van der Waals surface area contributed by atoms with E-state index < -0.39 is 17.6 Å². The Labute approximate surface area is 196 Å². The molecule has 8 nitrogen and oxygen atoms in total. The molecule has 1 heterocycles. The van der Waals surface area contributed by atoms with Crippen LogP contribution in [-0.2, 0) is 15.3 Å². The number of aliphatic hydroxyl groups is 1. The third-order valence-corrected chi connectivity index (χ3v) is 5.47. The van der Waals surface area contributed by atoms with Crippen molar-refractivity contribution in [2.24, 2.45) is 0 Å². The average molecular weight is 473 g/mol. The van der Waals surface area contributed by atoms with Crippen LogP contribution in [0.25, 0.3) is 5.69 Å². The van der Waals surface area contributed by atoms with Gasteiger partial charge in [0, 0.05) is 35.3 Å². The predicted molar refractivity (Wildman–Crippen MR) is 123 cm³/mol. The molecule has 0 aliphatic carbocycles. The van der Waals surface area contributed by atoms with E-state index in [2.05, 4.69) is 5.32 Å². The molecular weight excluding hydrogens is 448 g/mol. The van der Waals surface area contributed by atoms with E-state index in [0.717, 1.165) is 0 Å². The summed E-state index contributed by atoms with van der Waals surface area (Å²) in [6.07, 6.45) is 0. The molecule has 1 aromatic heterocycles. The molecular formula is C24H25ClN2O6. The van der Waals surface area contributed by atoms with E-state index in [-0.39, 0.29) is 11.3 Å². The lowest BCUT2D eigenvalue weighted by atomic mass is 9.98. The minimum atomic E-state index is -1.94. The number of hydrogen-bond donors (Lipinski definition) is 2. The highest BCUT2D eigenvalue weighted by Crippen LogP contribution is 2.37. The predicted octanol–water partition coefficient (Wildman–Crippen LogP) is 3.57. The Bertz CT molecular complexity index is 1190. The number of esters is 1. The monoisotopic (exact) mass is 472 g/mol. The van der Waals surface area contributed by atoms with E-state index in [1.54, 1.807) is 54.0 Å². The number of aromatic nitrogens is 1. The summed E-state index contributed by atoms with van der Waals surface area (Å²) in [4.78, 5) is 24.8. The van der Waals surface area contributed by atoms with Crippen LogP contribution in [-0.4, -0.2) is 42.9 Å². The first-order valence-electron chi connectivity index (χ1n) is 9.97. The lowest BCUT2D eigenvalue weighted by molar-refractivity contribution is -0.125. The van der Waals surface area contributed by atoms with E-state index in [0.29, 0.717) is 33.5 Å². The second-order valence-corrected chi connectivity index (χ2v) is 7.75. The zero-order chi connectivity index (χ0) is 24.3. The first kappa shape index (κ1) is 24.2. The summed E-state index contributed by atoms with van der Waals surface area (Å²) < 4.78 is 17.4. The lowest BCUT2D eigenvalue weighted by Crippen LogP contribution is -2.47. The van der Waals surface area contributed by atoms with Gasteiger partial charge >= 0.3 is 5.97 Å². The zero-order valence-electron chi connectivity index (χ0n) is 18.9. The Morgan fingerprint density at radius 3 is 2.15 bits per heavy atom. The number of ether oxygens (including phenoxy) is 3. The molecule has 3 aromatic rings. The van der Waals surface area contributed by atoms with Gasteiger partial charge in [-0.25, -0.2) is 4.79 Å². The van der Waals surface area contributed by atoms with Crippen LogP contribution in [0.5, 0.6) is 11.5 Å². The number of amides is 1. The van der Waals surface area contributed by atoms with Crippen LogP contribution in [0.1, 0.15) is 34.2 Å². The largest absolute Gasteiger partial charge is 0.493 e. The highest BCUT2D eigenvalue weighted by Gasteiger charge is 2.37. The Kier molecular flexibility index (Phi) is 7.00. The summed E-state index contributed by atoms with van der Waals surface area (Å²) in [6.45, 7) is 3.11. The summed E-state index contributed by atoms with van der Waals surface area (Å²) in [5.74, 6) is -0.366. The normalized spacial score (nSPS) is 12.6. The minimum absolute atomic E-state index is 0.178. The van der Waals surface area contributed by atoms with Gasteiger partial charge in [0.1, 0.15) is 0 Å². The van der Waals surface area contributed by atoms with E-state index in [1.807, 2.05) is 0 Å². The maximum absolute atomic E-state index is 12.7. The van der Waals surface area contributed by atoms with Crippen LogP contribution in [0.3, 0.4) is 0 Å². The molecule has 0 aliphatic heterocycles. The molecule has 0 saturated carbocycles. The summed E-state index contributed by atoms with van der Waals surface area (Å²) in [5, 5.41) is 14.9. The van der Waals surface area contributed by atoms with Crippen molar-refractivity contribution in [3.8, 4) is 17.2 Å². The number of methoxy groups -OCH3 is 3. The number of halogens is 1. The number of carbonyl (C=O) groups excluding carboxylic acids is 2. The van der Waals surface area contributed by atoms with Gasteiger partial charge in [0.25, 0.3) is 0 Å². The summed E-state index contributed by atoms with van der Waals surface area (Å²) in [5.41, 5.74) is -0.0473. The van der Waals surface area contributed by atoms with Crippen LogP contribution in [0.15, 0.2) is 48.5 Å². The average Bonchev–Trinajstić information content (AvgIpc) is 3.19. The molecule has 1 amide bonds. The Hall–Kier alpha value is -3.49. The lowest BCUT2D eigenvalue weighted by Gasteiger charge is -2.31. The quantitative estimate of drug-likeness (QED) is 0.403. The van der Waals surface area contributed by atoms with Crippen molar-refractivity contribution in [3.63, 3.8) is 0 Å². The fourth-order valence-corrected chi connectivity index (χ4v) is 3.82. The van der Waals surface area contributed by atoms with Gasteiger partial charge in [-0.05, 0) is 31.2 Å². The Balaban J connectivity index is 2.36. The molecule has 0 spiro atoms. The zero-order valence-corrected chi connectivity index (χ0v) is 19.7. The van der Waals surface area contributed by atoms with Crippen LogP contribution < -0.4 is 14.8 Å². The second kappa shape index (κ2) is 9.56. The van der Waals surface area contributed by atoms with Crippen LogP contribution in [0, 0.1) is 6.92 Å². The number of nitrogens with one attached hydrogen (secondary N) is 1. The van der Waals surface area contributed by atoms with E-state index in [1.165, 1.54) is 34.3 Å². The van der Waals surface area contributed by atoms with Gasteiger partial charge in [-0.15, -0.1) is 0 Å². The van der Waals surface area contributed by atoms with Crippen molar-refractivity contribution in [3.05, 3.63) is 76.1 Å². The SMILES string of the molecule is COC(=O)c1cc(OC)c(OC)cc1-n1c(C)ccc1C(O)(NC(C)=O)c1ccc(Cl)cc1. The van der Waals surface area contributed by atoms with Crippen molar-refractivity contribution in [2.75, 3.05) is 21.3 Å². The van der Waals surface area contributed by atoms with Crippen molar-refractivity contribution in [1.29, 1.82) is 0 Å². The molecule has 2 aromatic carbocycles. The molecule has 174 valence electrons. The van der Waals surface area contributed by atoms with Gasteiger partial charge in [-0.3, -0.25) is 4.79 Å². The maximum atomic E-state index is 12.7. The molecule has 3 rings (SSSR count). The highest BCUT2D eigenvalue weighted by molar-refractivity contribution is 6.30. The van der Waals surface area contributed by atoms with E-state index in [4.69, 9.17) is 25.8 Å². The molecule has 9 heteroatoms. The molecule has 2 N–H and O–H groups in total. The van der Waals surface area contributed by atoms with Gasteiger partial charge in [0.15, 0.2) is 11.5 Å². The first-order chi connectivity index (χ1) is 15.7. The van der Waals surface area contributed by atoms with Crippen LogP contribution >= 0.6 is 11.6 Å². The Morgan fingerprint density at radius 1 is 1.00 bits per heavy atom. The van der Waals surface area contributed by atoms with Gasteiger partial charge < -0.3 is 29.2 Å². The van der Waals surface area contributed by atoms with Crippen LogP contribution in [0.2, 0.25) is 5.02 Å². The van der Waals surface area contributed by atoms with Gasteiger partial charge in [-0.2, -0.15) is 0 Å². The number of nitrogens with zero attached hydrogens (tertiary/aromatic N) is 1. The topological polar surface area (TPSA) is 99.0 Å². The van der Waals surface area contributed by atoms with Crippen molar-refractivity contribution < 1.29 is 28.9 Å².